The van der Waals surface area contributed by atoms with Crippen LogP contribution in [0.1, 0.15) is 10.6 Å². The molecule has 0 fully saturated rings. The number of anilines is 1. The second-order valence-corrected chi connectivity index (χ2v) is 5.20. The maximum Gasteiger partial charge on any atom is 0.112 e. The molecule has 0 amide bonds. The highest BCUT2D eigenvalue weighted by molar-refractivity contribution is 7.09. The van der Waals surface area contributed by atoms with Crippen LogP contribution in [0.2, 0.25) is 0 Å². The van der Waals surface area contributed by atoms with Gasteiger partial charge in [-0.2, -0.15) is 0 Å². The van der Waals surface area contributed by atoms with Crippen molar-refractivity contribution in [2.45, 2.75) is 13.1 Å². The third-order valence-corrected chi connectivity index (χ3v) is 3.13. The molecule has 0 unspecified atom stereocenters. The molecule has 0 bridgehead atoms. The summed E-state index contributed by atoms with van der Waals surface area (Å²) >= 11 is 1.68. The molecule has 0 atom stereocenters. The van der Waals surface area contributed by atoms with Gasteiger partial charge in [-0.05, 0) is 31.8 Å². The molecule has 1 aromatic heterocycles. The lowest BCUT2D eigenvalue weighted by Crippen LogP contribution is -2.10. The zero-order chi connectivity index (χ0) is 12.1. The van der Waals surface area contributed by atoms with Crippen LogP contribution in [0.15, 0.2) is 35.8 Å². The van der Waals surface area contributed by atoms with E-state index in [0.717, 1.165) is 23.8 Å². The zero-order valence-corrected chi connectivity index (χ0v) is 11.0. The van der Waals surface area contributed by atoms with Crippen LogP contribution in [0.5, 0.6) is 0 Å². The number of rotatable bonds is 5. The van der Waals surface area contributed by atoms with Gasteiger partial charge in [-0.1, -0.05) is 12.1 Å². The van der Waals surface area contributed by atoms with Crippen LogP contribution in [0.25, 0.3) is 0 Å². The van der Waals surface area contributed by atoms with E-state index in [-0.39, 0.29) is 0 Å². The highest BCUT2D eigenvalue weighted by Gasteiger charge is 1.99. The van der Waals surface area contributed by atoms with Gasteiger partial charge in [0, 0.05) is 23.8 Å². The van der Waals surface area contributed by atoms with E-state index in [2.05, 4.69) is 53.6 Å². The predicted molar refractivity (Wildman–Crippen MR) is 73.3 cm³/mol. The molecule has 0 spiro atoms. The Morgan fingerprint density at radius 1 is 1.35 bits per heavy atom. The average Bonchev–Trinajstić information content (AvgIpc) is 2.79. The quantitative estimate of drug-likeness (QED) is 0.880. The highest BCUT2D eigenvalue weighted by atomic mass is 32.1. The van der Waals surface area contributed by atoms with E-state index >= 15 is 0 Å². The maximum absolute atomic E-state index is 4.25. The van der Waals surface area contributed by atoms with Crippen molar-refractivity contribution >= 4 is 17.0 Å². The topological polar surface area (TPSA) is 28.2 Å². The van der Waals surface area contributed by atoms with E-state index in [1.54, 1.807) is 11.3 Å². The van der Waals surface area contributed by atoms with Crippen LogP contribution in [-0.4, -0.2) is 24.0 Å². The summed E-state index contributed by atoms with van der Waals surface area (Å²) in [7, 11) is 4.16. The van der Waals surface area contributed by atoms with E-state index in [1.165, 1.54) is 5.56 Å². The minimum atomic E-state index is 0.795. The molecule has 0 aliphatic heterocycles. The Labute approximate surface area is 106 Å². The molecule has 0 saturated carbocycles. The Hall–Kier alpha value is -1.39. The molecule has 0 radical (unpaired) electrons. The van der Waals surface area contributed by atoms with Crippen LogP contribution in [0.3, 0.4) is 0 Å². The first kappa shape index (κ1) is 12.1. The van der Waals surface area contributed by atoms with Crippen LogP contribution < -0.4 is 5.32 Å². The van der Waals surface area contributed by atoms with Gasteiger partial charge in [0.05, 0.1) is 6.54 Å². The van der Waals surface area contributed by atoms with Crippen molar-refractivity contribution in [3.8, 4) is 0 Å². The normalized spacial score (nSPS) is 10.8. The molecule has 17 heavy (non-hydrogen) atoms. The zero-order valence-electron chi connectivity index (χ0n) is 10.2. The van der Waals surface area contributed by atoms with Crippen LogP contribution >= 0.6 is 11.3 Å². The molecule has 1 aromatic carbocycles. The fourth-order valence-corrected chi connectivity index (χ4v) is 2.22. The van der Waals surface area contributed by atoms with E-state index in [4.69, 9.17) is 0 Å². The molecule has 0 aliphatic rings. The van der Waals surface area contributed by atoms with E-state index in [0.29, 0.717) is 0 Å². The van der Waals surface area contributed by atoms with E-state index < -0.39 is 0 Å². The summed E-state index contributed by atoms with van der Waals surface area (Å²) in [6.45, 7) is 1.76. The number of nitrogens with zero attached hydrogens (tertiary/aromatic N) is 2. The second-order valence-electron chi connectivity index (χ2n) is 4.22. The van der Waals surface area contributed by atoms with Crippen molar-refractivity contribution in [1.82, 2.24) is 9.88 Å². The molecule has 90 valence electrons. The SMILES string of the molecule is CN(C)Cc1cccc(NCc2nccs2)c1. The van der Waals surface area contributed by atoms with Gasteiger partial charge in [0.15, 0.2) is 0 Å². The summed E-state index contributed by atoms with van der Waals surface area (Å²) < 4.78 is 0. The molecule has 4 heteroatoms. The minimum Gasteiger partial charge on any atom is -0.379 e. The first-order chi connectivity index (χ1) is 8.24. The molecule has 0 aliphatic carbocycles. The summed E-state index contributed by atoms with van der Waals surface area (Å²) in [6, 6.07) is 8.51. The molecular formula is C13H17N3S. The van der Waals surface area contributed by atoms with Gasteiger partial charge in [-0.25, -0.2) is 4.98 Å². The van der Waals surface area contributed by atoms with Gasteiger partial charge >= 0.3 is 0 Å². The predicted octanol–water partition coefficient (Wildman–Crippen LogP) is 2.82. The molecule has 2 rings (SSSR count). The molecule has 2 aromatic rings. The van der Waals surface area contributed by atoms with Gasteiger partial charge in [0.25, 0.3) is 0 Å². The third-order valence-electron chi connectivity index (χ3n) is 2.35. The Morgan fingerprint density at radius 3 is 2.94 bits per heavy atom. The largest absolute Gasteiger partial charge is 0.379 e. The highest BCUT2D eigenvalue weighted by Crippen LogP contribution is 2.13. The van der Waals surface area contributed by atoms with Gasteiger partial charge in [0.1, 0.15) is 5.01 Å². The average molecular weight is 247 g/mol. The van der Waals surface area contributed by atoms with Gasteiger partial charge in [-0.3, -0.25) is 0 Å². The number of thiazole rings is 1. The van der Waals surface area contributed by atoms with Crippen molar-refractivity contribution in [1.29, 1.82) is 0 Å². The molecule has 0 saturated heterocycles. The van der Waals surface area contributed by atoms with Crippen molar-refractivity contribution in [2.24, 2.45) is 0 Å². The lowest BCUT2D eigenvalue weighted by molar-refractivity contribution is 0.402. The summed E-state index contributed by atoms with van der Waals surface area (Å²) in [5.74, 6) is 0. The Bertz CT molecular complexity index is 451. The monoisotopic (exact) mass is 247 g/mol. The molecule has 1 N–H and O–H groups in total. The Morgan fingerprint density at radius 2 is 2.24 bits per heavy atom. The third kappa shape index (κ3) is 3.84. The molecular weight excluding hydrogens is 230 g/mol. The van der Waals surface area contributed by atoms with Crippen LogP contribution in [0.4, 0.5) is 5.69 Å². The van der Waals surface area contributed by atoms with Gasteiger partial charge < -0.3 is 10.2 Å². The fraction of sp³-hybridized carbons (Fsp3) is 0.308. The smallest absolute Gasteiger partial charge is 0.112 e. The lowest BCUT2D eigenvalue weighted by Gasteiger charge is -2.11. The fourth-order valence-electron chi connectivity index (χ4n) is 1.66. The van der Waals surface area contributed by atoms with E-state index in [1.807, 2.05) is 11.6 Å². The summed E-state index contributed by atoms with van der Waals surface area (Å²) in [4.78, 5) is 6.42. The number of hydrogen-bond acceptors (Lipinski definition) is 4. The lowest BCUT2D eigenvalue weighted by atomic mass is 10.2. The van der Waals surface area contributed by atoms with Gasteiger partial charge in [0.2, 0.25) is 0 Å². The first-order valence-corrected chi connectivity index (χ1v) is 6.48. The number of nitrogens with one attached hydrogen (secondary N) is 1. The Balaban J connectivity index is 1.96. The van der Waals surface area contributed by atoms with Crippen molar-refractivity contribution in [3.05, 3.63) is 46.4 Å². The standard InChI is InChI=1S/C13H17N3S/c1-16(2)10-11-4-3-5-12(8-11)15-9-13-14-6-7-17-13/h3-8,15H,9-10H2,1-2H3. The molecule has 3 nitrogen and oxygen atoms in total. The number of benzene rings is 1. The van der Waals surface area contributed by atoms with Crippen LogP contribution in [-0.2, 0) is 13.1 Å². The Kier molecular flexibility index (Phi) is 4.12. The molecule has 1 heterocycles. The summed E-state index contributed by atoms with van der Waals surface area (Å²) in [5.41, 5.74) is 2.47. The van der Waals surface area contributed by atoms with Crippen LogP contribution in [0, 0.1) is 0 Å². The minimum absolute atomic E-state index is 0.795. The van der Waals surface area contributed by atoms with Crippen molar-refractivity contribution in [3.63, 3.8) is 0 Å². The number of aromatic nitrogens is 1. The van der Waals surface area contributed by atoms with E-state index in [9.17, 15) is 0 Å². The van der Waals surface area contributed by atoms with Crippen molar-refractivity contribution < 1.29 is 0 Å². The number of hydrogen-bond donors (Lipinski definition) is 1. The first-order valence-electron chi connectivity index (χ1n) is 5.60. The summed E-state index contributed by atoms with van der Waals surface area (Å²) in [5, 5.41) is 6.50. The van der Waals surface area contributed by atoms with Gasteiger partial charge in [-0.15, -0.1) is 11.3 Å². The maximum atomic E-state index is 4.25. The van der Waals surface area contributed by atoms with Crippen molar-refractivity contribution in [2.75, 3.05) is 19.4 Å². The summed E-state index contributed by atoms with van der Waals surface area (Å²) in [6.07, 6.45) is 1.84. The second kappa shape index (κ2) is 5.80.